The molecule has 0 atom stereocenters. The molecule has 1 radical (unpaired) electrons. The van der Waals surface area contributed by atoms with Crippen LogP contribution in [0.25, 0.3) is 6.08 Å². The van der Waals surface area contributed by atoms with Gasteiger partial charge < -0.3 is 4.84 Å². The maximum Gasteiger partial charge on any atom is 0.167 e. The van der Waals surface area contributed by atoms with Gasteiger partial charge in [-0.05, 0) is 12.1 Å². The predicted octanol–water partition coefficient (Wildman–Crippen LogP) is 2.22. The SMILES string of the molecule is [C]1=Cc2ccccc2ON=N1. The van der Waals surface area contributed by atoms with Gasteiger partial charge >= 0.3 is 0 Å². The number of fused-ring (bicyclic) bond motifs is 1. The van der Waals surface area contributed by atoms with Gasteiger partial charge in [-0.2, -0.15) is 0 Å². The molecule has 53 valence electrons. The number of para-hydroxylation sites is 1. The van der Waals surface area contributed by atoms with Crippen molar-refractivity contribution in [2.24, 2.45) is 10.4 Å². The number of hydrogen-bond acceptors (Lipinski definition) is 3. The minimum absolute atomic E-state index is 0.709. The summed E-state index contributed by atoms with van der Waals surface area (Å²) in [7, 11) is 0. The lowest BCUT2D eigenvalue weighted by molar-refractivity contribution is 0.312. The van der Waals surface area contributed by atoms with E-state index in [1.54, 1.807) is 6.08 Å². The summed E-state index contributed by atoms with van der Waals surface area (Å²) in [6.45, 7) is 0. The summed E-state index contributed by atoms with van der Waals surface area (Å²) >= 11 is 0. The van der Waals surface area contributed by atoms with E-state index in [9.17, 15) is 0 Å². The van der Waals surface area contributed by atoms with Crippen molar-refractivity contribution in [1.29, 1.82) is 0 Å². The highest BCUT2D eigenvalue weighted by molar-refractivity contribution is 5.55. The minimum Gasteiger partial charge on any atom is -0.339 e. The van der Waals surface area contributed by atoms with Crippen LogP contribution in [0.3, 0.4) is 0 Å². The molecule has 3 nitrogen and oxygen atoms in total. The van der Waals surface area contributed by atoms with Crippen LogP contribution in [0.15, 0.2) is 34.7 Å². The molecule has 0 aliphatic carbocycles. The van der Waals surface area contributed by atoms with Gasteiger partial charge in [-0.1, -0.05) is 18.2 Å². The molecule has 0 saturated heterocycles. The van der Waals surface area contributed by atoms with Crippen LogP contribution in [0.2, 0.25) is 0 Å². The molecule has 0 spiro atoms. The smallest absolute Gasteiger partial charge is 0.167 e. The van der Waals surface area contributed by atoms with Crippen molar-refractivity contribution >= 4 is 6.08 Å². The van der Waals surface area contributed by atoms with Crippen LogP contribution in [0.1, 0.15) is 5.56 Å². The van der Waals surface area contributed by atoms with E-state index in [1.165, 1.54) is 0 Å². The van der Waals surface area contributed by atoms with E-state index < -0.39 is 0 Å². The monoisotopic (exact) mass is 145 g/mol. The second-order valence-corrected chi connectivity index (χ2v) is 2.08. The zero-order chi connectivity index (χ0) is 7.52. The summed E-state index contributed by atoms with van der Waals surface area (Å²) in [4.78, 5) is 4.91. The Bertz CT molecular complexity index is 318. The summed E-state index contributed by atoms with van der Waals surface area (Å²) in [6, 6.07) is 7.55. The minimum atomic E-state index is 0.709. The standard InChI is InChI=1S/C8H5N2O/c1-2-4-8-7(3-1)5-6-9-10-11-8/h1-5H. The van der Waals surface area contributed by atoms with Gasteiger partial charge in [-0.3, -0.25) is 0 Å². The fraction of sp³-hybridized carbons (Fsp3) is 0. The zero-order valence-corrected chi connectivity index (χ0v) is 5.69. The summed E-state index contributed by atoms with van der Waals surface area (Å²) in [5.41, 5.74) is 0.942. The number of rotatable bonds is 0. The fourth-order valence-corrected chi connectivity index (χ4v) is 0.869. The van der Waals surface area contributed by atoms with Crippen molar-refractivity contribution in [3.63, 3.8) is 0 Å². The average Bonchev–Trinajstić information content (AvgIpc) is 2.28. The van der Waals surface area contributed by atoms with Gasteiger partial charge in [0.2, 0.25) is 0 Å². The Hall–Kier alpha value is -1.64. The van der Waals surface area contributed by atoms with E-state index in [0.717, 1.165) is 5.56 Å². The number of nitrogens with zero attached hydrogens (tertiary/aromatic N) is 2. The van der Waals surface area contributed by atoms with Crippen LogP contribution in [0, 0.1) is 6.20 Å². The molecule has 0 unspecified atom stereocenters. The van der Waals surface area contributed by atoms with Crippen molar-refractivity contribution in [2.45, 2.75) is 0 Å². The number of benzene rings is 1. The Kier molecular flexibility index (Phi) is 1.41. The molecule has 0 N–H and O–H groups in total. The van der Waals surface area contributed by atoms with Crippen molar-refractivity contribution in [2.75, 3.05) is 0 Å². The highest BCUT2D eigenvalue weighted by Gasteiger charge is 2.00. The van der Waals surface area contributed by atoms with Crippen LogP contribution in [0.5, 0.6) is 5.75 Å². The van der Waals surface area contributed by atoms with Crippen LogP contribution in [-0.4, -0.2) is 0 Å². The first-order valence-electron chi connectivity index (χ1n) is 3.22. The van der Waals surface area contributed by atoms with Crippen LogP contribution < -0.4 is 4.84 Å². The van der Waals surface area contributed by atoms with E-state index in [2.05, 4.69) is 16.6 Å². The Morgan fingerprint density at radius 3 is 3.18 bits per heavy atom. The van der Waals surface area contributed by atoms with E-state index in [-0.39, 0.29) is 0 Å². The van der Waals surface area contributed by atoms with Crippen LogP contribution >= 0.6 is 0 Å². The highest BCUT2D eigenvalue weighted by Crippen LogP contribution is 2.20. The molecule has 0 saturated carbocycles. The lowest BCUT2D eigenvalue weighted by Crippen LogP contribution is -1.81. The molecule has 0 aromatic heterocycles. The van der Waals surface area contributed by atoms with E-state index >= 15 is 0 Å². The maximum atomic E-state index is 4.91. The third kappa shape index (κ3) is 1.12. The fourth-order valence-electron chi connectivity index (χ4n) is 0.869. The third-order valence-corrected chi connectivity index (χ3v) is 1.38. The summed E-state index contributed by atoms with van der Waals surface area (Å²) < 4.78 is 0. The molecule has 1 aromatic carbocycles. The molecule has 2 rings (SSSR count). The van der Waals surface area contributed by atoms with Crippen molar-refractivity contribution < 1.29 is 4.84 Å². The van der Waals surface area contributed by atoms with Gasteiger partial charge in [0.15, 0.2) is 5.75 Å². The van der Waals surface area contributed by atoms with Gasteiger partial charge in [-0.25, -0.2) is 0 Å². The number of hydrogen-bond donors (Lipinski definition) is 0. The van der Waals surface area contributed by atoms with Crippen LogP contribution in [-0.2, 0) is 0 Å². The van der Waals surface area contributed by atoms with E-state index in [4.69, 9.17) is 4.84 Å². The van der Waals surface area contributed by atoms with Gasteiger partial charge in [-0.15, -0.1) is 5.11 Å². The quantitative estimate of drug-likeness (QED) is 0.551. The Morgan fingerprint density at radius 1 is 1.27 bits per heavy atom. The molecule has 1 aliphatic rings. The first kappa shape index (κ1) is 6.09. The molecular weight excluding hydrogens is 140 g/mol. The molecule has 0 bridgehead atoms. The van der Waals surface area contributed by atoms with Gasteiger partial charge in [0.05, 0.1) is 0 Å². The molecule has 0 amide bonds. The molecule has 1 aromatic rings. The molecule has 11 heavy (non-hydrogen) atoms. The molecule has 1 aliphatic heterocycles. The maximum absolute atomic E-state index is 4.91. The molecular formula is C8H5N2O. The highest BCUT2D eigenvalue weighted by atomic mass is 16.6. The topological polar surface area (TPSA) is 34.0 Å². The normalized spacial score (nSPS) is 13.5. The second-order valence-electron chi connectivity index (χ2n) is 2.08. The predicted molar refractivity (Wildman–Crippen MR) is 39.6 cm³/mol. The van der Waals surface area contributed by atoms with Gasteiger partial charge in [0.25, 0.3) is 0 Å². The third-order valence-electron chi connectivity index (χ3n) is 1.38. The van der Waals surface area contributed by atoms with Crippen molar-refractivity contribution in [3.05, 3.63) is 36.0 Å². The lowest BCUT2D eigenvalue weighted by Gasteiger charge is -1.97. The Morgan fingerprint density at radius 2 is 2.18 bits per heavy atom. The molecule has 1 heterocycles. The molecule has 0 fully saturated rings. The summed E-state index contributed by atoms with van der Waals surface area (Å²) in [6.07, 6.45) is 4.34. The summed E-state index contributed by atoms with van der Waals surface area (Å²) in [5.74, 6) is 0.709. The molecule has 3 heteroatoms. The Labute approximate surface area is 64.0 Å². The zero-order valence-electron chi connectivity index (χ0n) is 5.69. The largest absolute Gasteiger partial charge is 0.339 e. The van der Waals surface area contributed by atoms with E-state index in [0.29, 0.717) is 5.75 Å². The van der Waals surface area contributed by atoms with Gasteiger partial charge in [0, 0.05) is 10.8 Å². The lowest BCUT2D eigenvalue weighted by atomic mass is 10.2. The second kappa shape index (κ2) is 2.54. The Balaban J connectivity index is 2.52. The summed E-state index contributed by atoms with van der Waals surface area (Å²) in [5, 5.41) is 6.88. The van der Waals surface area contributed by atoms with Gasteiger partial charge in [0.1, 0.15) is 6.20 Å². The van der Waals surface area contributed by atoms with Crippen LogP contribution in [0.4, 0.5) is 0 Å². The first-order chi connectivity index (χ1) is 5.47. The van der Waals surface area contributed by atoms with E-state index in [1.807, 2.05) is 24.3 Å². The first-order valence-corrected chi connectivity index (χ1v) is 3.22. The van der Waals surface area contributed by atoms with Crippen molar-refractivity contribution in [3.8, 4) is 5.75 Å². The average molecular weight is 145 g/mol. The van der Waals surface area contributed by atoms with Crippen molar-refractivity contribution in [1.82, 2.24) is 0 Å².